The molecule has 3 rings (SSSR count). The average Bonchev–Trinajstić information content (AvgIpc) is 2.85. The van der Waals surface area contributed by atoms with E-state index < -0.39 is 0 Å². The molecule has 0 atom stereocenters. The van der Waals surface area contributed by atoms with Crippen LogP contribution in [0.5, 0.6) is 17.2 Å². The van der Waals surface area contributed by atoms with E-state index in [1.54, 1.807) is 25.4 Å². The van der Waals surface area contributed by atoms with Crippen molar-refractivity contribution in [1.82, 2.24) is 15.4 Å². The van der Waals surface area contributed by atoms with Crippen LogP contribution in [0.15, 0.2) is 60.8 Å². The maximum absolute atomic E-state index is 9.81. The number of hydrogen-bond donors (Lipinski definition) is 1. The molecule has 1 N–H and O–H groups in total. The summed E-state index contributed by atoms with van der Waals surface area (Å²) in [5, 5.41) is 20.9. The molecule has 1 aromatic heterocycles. The van der Waals surface area contributed by atoms with Crippen LogP contribution in [0.1, 0.15) is 59.3 Å². The molecule has 8 heteroatoms. The van der Waals surface area contributed by atoms with Crippen LogP contribution in [0.2, 0.25) is 0 Å². The third-order valence-electron chi connectivity index (χ3n) is 5.60. The van der Waals surface area contributed by atoms with Crippen molar-refractivity contribution in [3.63, 3.8) is 0 Å². The standard InChI is InChI=1S/C16H26O2.C10H9N3O.2Na.2H/c1-4-7-10-13-16(5-2,6-3)18-15-12-9-8-11-14(15)17;1-14-10-5-3-2-4-8(10)9-6-7-11-13-12-9;;;;/h8-9,11-12,17H,4-7,10,13H2,1-3H3;2-7H,1H3;;;;. The third kappa shape index (κ3) is 10.2. The van der Waals surface area contributed by atoms with E-state index >= 15 is 0 Å². The van der Waals surface area contributed by atoms with Crippen LogP contribution in [-0.2, 0) is 0 Å². The second-order valence-corrected chi connectivity index (χ2v) is 7.62. The van der Waals surface area contributed by atoms with Crippen LogP contribution in [0.3, 0.4) is 0 Å². The van der Waals surface area contributed by atoms with Crippen molar-refractivity contribution >= 4 is 59.1 Å². The van der Waals surface area contributed by atoms with E-state index in [-0.39, 0.29) is 70.5 Å². The minimum atomic E-state index is -0.131. The van der Waals surface area contributed by atoms with Crippen LogP contribution in [-0.4, -0.2) is 92.3 Å². The molecule has 0 fully saturated rings. The van der Waals surface area contributed by atoms with Gasteiger partial charge in [0.15, 0.2) is 11.5 Å². The number of benzene rings is 2. The number of methoxy groups -OCH3 is 1. The molecule has 176 valence electrons. The van der Waals surface area contributed by atoms with Gasteiger partial charge in [0.25, 0.3) is 0 Å². The molecule has 0 spiro atoms. The predicted octanol–water partition coefficient (Wildman–Crippen LogP) is 5.16. The number of unbranched alkanes of at least 4 members (excludes halogenated alkanes) is 2. The molecule has 34 heavy (non-hydrogen) atoms. The van der Waals surface area contributed by atoms with Crippen LogP contribution in [0.25, 0.3) is 11.3 Å². The van der Waals surface area contributed by atoms with E-state index in [0.717, 1.165) is 36.3 Å². The Labute approximate surface area is 248 Å². The molecular weight excluding hydrogens is 448 g/mol. The molecule has 0 radical (unpaired) electrons. The Morgan fingerprint density at radius 1 is 0.853 bits per heavy atom. The zero-order valence-electron chi connectivity index (χ0n) is 19.6. The number of ether oxygens (including phenoxy) is 2. The number of para-hydroxylation sites is 3. The van der Waals surface area contributed by atoms with Gasteiger partial charge in [0, 0.05) is 5.56 Å². The van der Waals surface area contributed by atoms with E-state index in [0.29, 0.717) is 5.75 Å². The third-order valence-corrected chi connectivity index (χ3v) is 5.60. The van der Waals surface area contributed by atoms with Gasteiger partial charge in [0.2, 0.25) is 0 Å². The van der Waals surface area contributed by atoms with Gasteiger partial charge in [0.1, 0.15) is 17.0 Å². The Hall–Kier alpha value is -1.15. The summed E-state index contributed by atoms with van der Waals surface area (Å²) in [5.74, 6) is 1.63. The fourth-order valence-corrected chi connectivity index (χ4v) is 3.51. The topological polar surface area (TPSA) is 77.4 Å². The van der Waals surface area contributed by atoms with Gasteiger partial charge in [-0.05, 0) is 61.2 Å². The first kappa shape index (κ1) is 32.8. The number of aromatic nitrogens is 3. The van der Waals surface area contributed by atoms with Crippen LogP contribution >= 0.6 is 0 Å². The fraction of sp³-hybridized carbons (Fsp3) is 0.423. The van der Waals surface area contributed by atoms with Crippen LogP contribution < -0.4 is 9.47 Å². The quantitative estimate of drug-likeness (QED) is 0.316. The first-order valence-electron chi connectivity index (χ1n) is 11.3. The summed E-state index contributed by atoms with van der Waals surface area (Å²) in [7, 11) is 1.63. The Morgan fingerprint density at radius 2 is 1.50 bits per heavy atom. The molecule has 0 bridgehead atoms. The second kappa shape index (κ2) is 18.2. The monoisotopic (exact) mass is 485 g/mol. The molecule has 1 heterocycles. The van der Waals surface area contributed by atoms with E-state index in [1.807, 2.05) is 42.5 Å². The van der Waals surface area contributed by atoms with Crippen molar-refractivity contribution in [1.29, 1.82) is 0 Å². The van der Waals surface area contributed by atoms with E-state index in [9.17, 15) is 5.11 Å². The molecule has 0 aliphatic rings. The van der Waals surface area contributed by atoms with Gasteiger partial charge in [-0.25, -0.2) is 0 Å². The van der Waals surface area contributed by atoms with Gasteiger partial charge in [-0.15, -0.1) is 10.2 Å². The molecule has 0 saturated carbocycles. The molecule has 3 aromatic rings. The van der Waals surface area contributed by atoms with Gasteiger partial charge in [0.05, 0.1) is 13.3 Å². The molecule has 0 amide bonds. The summed E-state index contributed by atoms with van der Waals surface area (Å²) in [5.41, 5.74) is 1.55. The molecule has 0 unspecified atom stereocenters. The number of nitrogens with zero attached hydrogens (tertiary/aromatic N) is 3. The number of phenols is 1. The Bertz CT molecular complexity index is 926. The van der Waals surface area contributed by atoms with Crippen LogP contribution in [0.4, 0.5) is 0 Å². The summed E-state index contributed by atoms with van der Waals surface area (Å²) >= 11 is 0. The van der Waals surface area contributed by atoms with Gasteiger partial charge in [-0.2, -0.15) is 0 Å². The SMILES string of the molecule is CCCCCC(CC)(CC)Oc1ccccc1O.COc1ccccc1-c1ccnnn1.[NaH].[NaH]. The van der Waals surface area contributed by atoms with Gasteiger partial charge >= 0.3 is 59.1 Å². The number of hydrogen-bond acceptors (Lipinski definition) is 6. The van der Waals surface area contributed by atoms with Crippen molar-refractivity contribution in [3.8, 4) is 28.5 Å². The van der Waals surface area contributed by atoms with E-state index in [1.165, 1.54) is 19.3 Å². The number of aromatic hydroxyl groups is 1. The predicted molar refractivity (Wildman–Crippen MR) is 142 cm³/mol. The minimum absolute atomic E-state index is 0. The molecular formula is C26H37N3Na2O3. The zero-order chi connectivity index (χ0) is 23.2. The Morgan fingerprint density at radius 3 is 2.06 bits per heavy atom. The molecule has 2 aromatic carbocycles. The second-order valence-electron chi connectivity index (χ2n) is 7.62. The van der Waals surface area contributed by atoms with Crippen molar-refractivity contribution in [2.75, 3.05) is 7.11 Å². The van der Waals surface area contributed by atoms with Gasteiger partial charge in [-0.3, -0.25) is 0 Å². The van der Waals surface area contributed by atoms with Crippen LogP contribution in [0, 0.1) is 0 Å². The normalized spacial score (nSPS) is 10.1. The summed E-state index contributed by atoms with van der Waals surface area (Å²) in [6.07, 6.45) is 8.26. The summed E-state index contributed by atoms with van der Waals surface area (Å²) in [4.78, 5) is 0. The number of phenolic OH excluding ortho intramolecular Hbond substituents is 1. The fourth-order valence-electron chi connectivity index (χ4n) is 3.51. The summed E-state index contributed by atoms with van der Waals surface area (Å²) in [6, 6.07) is 16.7. The first-order valence-corrected chi connectivity index (χ1v) is 11.3. The van der Waals surface area contributed by atoms with E-state index in [2.05, 4.69) is 36.2 Å². The summed E-state index contributed by atoms with van der Waals surface area (Å²) < 4.78 is 11.3. The molecule has 0 saturated heterocycles. The van der Waals surface area contributed by atoms with Crippen molar-refractivity contribution in [3.05, 3.63) is 60.8 Å². The molecule has 0 aliphatic heterocycles. The van der Waals surface area contributed by atoms with Crippen molar-refractivity contribution in [2.45, 2.75) is 64.9 Å². The first-order chi connectivity index (χ1) is 15.6. The van der Waals surface area contributed by atoms with Gasteiger partial charge in [-0.1, -0.05) is 57.9 Å². The summed E-state index contributed by atoms with van der Waals surface area (Å²) in [6.45, 7) is 6.54. The Balaban J connectivity index is 0.000000619. The maximum atomic E-state index is 9.81. The molecule has 6 nitrogen and oxygen atoms in total. The Kier molecular flexibility index (Phi) is 17.6. The molecule has 0 aliphatic carbocycles. The zero-order valence-corrected chi connectivity index (χ0v) is 19.6. The van der Waals surface area contributed by atoms with Crippen molar-refractivity contribution in [2.24, 2.45) is 0 Å². The average molecular weight is 486 g/mol. The number of rotatable bonds is 10. The van der Waals surface area contributed by atoms with Gasteiger partial charge < -0.3 is 14.6 Å². The van der Waals surface area contributed by atoms with E-state index in [4.69, 9.17) is 9.47 Å². The van der Waals surface area contributed by atoms with Crippen molar-refractivity contribution < 1.29 is 14.6 Å².